The molecule has 0 aromatic carbocycles. The molecule has 0 aromatic rings. The van der Waals surface area contributed by atoms with E-state index in [2.05, 4.69) is 15.1 Å². The third-order valence-electron chi connectivity index (χ3n) is 6.12. The lowest BCUT2D eigenvalue weighted by atomic mass is 10.00. The first-order valence-corrected chi connectivity index (χ1v) is 10.5. The second-order valence-electron chi connectivity index (χ2n) is 8.24. The summed E-state index contributed by atoms with van der Waals surface area (Å²) in [5.41, 5.74) is 0. The van der Waals surface area contributed by atoms with Gasteiger partial charge in [0.05, 0.1) is 13.2 Å². The Morgan fingerprint density at radius 3 is 2.46 bits per heavy atom. The molecule has 2 aliphatic heterocycles. The highest BCUT2D eigenvalue weighted by molar-refractivity contribution is 5.81. The minimum atomic E-state index is -0.0819. The second-order valence-corrected chi connectivity index (χ2v) is 8.24. The number of morpholine rings is 1. The van der Waals surface area contributed by atoms with Gasteiger partial charge in [-0.15, -0.1) is 0 Å². The lowest BCUT2D eigenvalue weighted by Crippen LogP contribution is -2.52. The number of nitrogens with zero attached hydrogens (tertiary/aromatic N) is 2. The highest BCUT2D eigenvalue weighted by atomic mass is 16.5. The fraction of sp³-hybridized carbons (Fsp3) is 0.900. The van der Waals surface area contributed by atoms with E-state index in [1.165, 1.54) is 6.42 Å². The molecule has 1 aliphatic carbocycles. The predicted molar refractivity (Wildman–Crippen MR) is 101 cm³/mol. The third-order valence-corrected chi connectivity index (χ3v) is 6.12. The molecule has 148 valence electrons. The van der Waals surface area contributed by atoms with Gasteiger partial charge in [0.25, 0.3) is 0 Å². The van der Waals surface area contributed by atoms with Crippen LogP contribution in [-0.4, -0.2) is 73.1 Å². The van der Waals surface area contributed by atoms with E-state index in [-0.39, 0.29) is 23.8 Å². The molecule has 3 fully saturated rings. The SMILES string of the molecule is C[C@H](CC(=O)N1CCCC[C@@H]1CN1CCOCC1)NC(=O)C1CCCC1. The summed E-state index contributed by atoms with van der Waals surface area (Å²) in [6, 6.07) is 0.230. The topological polar surface area (TPSA) is 61.9 Å². The Morgan fingerprint density at radius 2 is 1.73 bits per heavy atom. The molecule has 26 heavy (non-hydrogen) atoms. The predicted octanol–water partition coefficient (Wildman–Crippen LogP) is 1.78. The standard InChI is InChI=1S/C20H35N3O3/c1-16(21-20(25)17-6-2-3-7-17)14-19(24)23-9-5-4-8-18(23)15-22-10-12-26-13-11-22/h16-18H,2-15H2,1H3,(H,21,25)/t16-,18-/m1/s1. The molecular formula is C20H35N3O3. The van der Waals surface area contributed by atoms with Crippen molar-refractivity contribution in [3.8, 4) is 0 Å². The molecule has 2 saturated heterocycles. The number of rotatable bonds is 6. The van der Waals surface area contributed by atoms with E-state index in [9.17, 15) is 9.59 Å². The number of amides is 2. The summed E-state index contributed by atoms with van der Waals surface area (Å²) in [6.45, 7) is 7.30. The number of likely N-dealkylation sites (tertiary alicyclic amines) is 1. The van der Waals surface area contributed by atoms with Crippen LogP contribution in [0.15, 0.2) is 0 Å². The Balaban J connectivity index is 1.48. The van der Waals surface area contributed by atoms with E-state index >= 15 is 0 Å². The van der Waals surface area contributed by atoms with Gasteiger partial charge in [0.2, 0.25) is 11.8 Å². The average Bonchev–Trinajstić information content (AvgIpc) is 3.18. The number of hydrogen-bond donors (Lipinski definition) is 1. The lowest BCUT2D eigenvalue weighted by Gasteiger charge is -2.40. The van der Waals surface area contributed by atoms with E-state index in [1.807, 2.05) is 6.92 Å². The van der Waals surface area contributed by atoms with E-state index in [0.717, 1.165) is 77.9 Å². The van der Waals surface area contributed by atoms with Crippen molar-refractivity contribution in [2.45, 2.75) is 70.4 Å². The molecule has 0 radical (unpaired) electrons. The molecule has 1 saturated carbocycles. The maximum absolute atomic E-state index is 12.9. The van der Waals surface area contributed by atoms with Crippen molar-refractivity contribution in [2.75, 3.05) is 39.4 Å². The zero-order valence-electron chi connectivity index (χ0n) is 16.3. The molecule has 3 aliphatic rings. The van der Waals surface area contributed by atoms with Crippen molar-refractivity contribution in [1.29, 1.82) is 0 Å². The number of piperidine rings is 1. The van der Waals surface area contributed by atoms with Gasteiger partial charge in [0.1, 0.15) is 0 Å². The van der Waals surface area contributed by atoms with Gasteiger partial charge < -0.3 is 15.0 Å². The fourth-order valence-corrected chi connectivity index (χ4v) is 4.58. The molecule has 0 bridgehead atoms. The molecular weight excluding hydrogens is 330 g/mol. The quantitative estimate of drug-likeness (QED) is 0.779. The maximum Gasteiger partial charge on any atom is 0.224 e. The van der Waals surface area contributed by atoms with Crippen LogP contribution >= 0.6 is 0 Å². The molecule has 0 unspecified atom stereocenters. The molecule has 2 heterocycles. The van der Waals surface area contributed by atoms with Crippen LogP contribution < -0.4 is 5.32 Å². The number of carbonyl (C=O) groups is 2. The maximum atomic E-state index is 12.9. The van der Waals surface area contributed by atoms with Crippen molar-refractivity contribution in [2.24, 2.45) is 5.92 Å². The smallest absolute Gasteiger partial charge is 0.224 e. The number of ether oxygens (including phenoxy) is 1. The summed E-state index contributed by atoms with van der Waals surface area (Å²) in [5, 5.41) is 3.07. The van der Waals surface area contributed by atoms with Crippen molar-refractivity contribution >= 4 is 11.8 Å². The highest BCUT2D eigenvalue weighted by Crippen LogP contribution is 2.25. The summed E-state index contributed by atoms with van der Waals surface area (Å²) < 4.78 is 5.43. The van der Waals surface area contributed by atoms with Gasteiger partial charge in [-0.25, -0.2) is 0 Å². The first-order valence-electron chi connectivity index (χ1n) is 10.5. The highest BCUT2D eigenvalue weighted by Gasteiger charge is 2.30. The first-order chi connectivity index (χ1) is 12.6. The molecule has 6 heteroatoms. The van der Waals surface area contributed by atoms with Crippen molar-refractivity contribution in [3.63, 3.8) is 0 Å². The minimum absolute atomic E-state index is 0.0819. The second kappa shape index (κ2) is 9.70. The van der Waals surface area contributed by atoms with Crippen LogP contribution in [0.5, 0.6) is 0 Å². The van der Waals surface area contributed by atoms with E-state index < -0.39 is 0 Å². The lowest BCUT2D eigenvalue weighted by molar-refractivity contribution is -0.136. The van der Waals surface area contributed by atoms with Crippen molar-refractivity contribution in [1.82, 2.24) is 15.1 Å². The fourth-order valence-electron chi connectivity index (χ4n) is 4.58. The first kappa shape index (κ1) is 19.6. The Kier molecular flexibility index (Phi) is 7.32. The van der Waals surface area contributed by atoms with Crippen LogP contribution in [0.1, 0.15) is 58.3 Å². The van der Waals surface area contributed by atoms with Crippen LogP contribution in [0.2, 0.25) is 0 Å². The largest absolute Gasteiger partial charge is 0.379 e. The summed E-state index contributed by atoms with van der Waals surface area (Å²) in [7, 11) is 0. The number of carbonyl (C=O) groups excluding carboxylic acids is 2. The van der Waals surface area contributed by atoms with Crippen LogP contribution in [0.4, 0.5) is 0 Å². The Labute approximate surface area is 157 Å². The van der Waals surface area contributed by atoms with E-state index in [0.29, 0.717) is 12.5 Å². The Hall–Kier alpha value is -1.14. The number of hydrogen-bond acceptors (Lipinski definition) is 4. The Morgan fingerprint density at radius 1 is 1.04 bits per heavy atom. The van der Waals surface area contributed by atoms with Gasteiger partial charge in [-0.1, -0.05) is 12.8 Å². The van der Waals surface area contributed by atoms with Crippen LogP contribution in [0, 0.1) is 5.92 Å². The zero-order chi connectivity index (χ0) is 18.4. The molecule has 1 N–H and O–H groups in total. The summed E-state index contributed by atoms with van der Waals surface area (Å²) in [5.74, 6) is 0.505. The van der Waals surface area contributed by atoms with Gasteiger partial charge in [0, 0.05) is 50.6 Å². The molecule has 0 spiro atoms. The monoisotopic (exact) mass is 365 g/mol. The summed E-state index contributed by atoms with van der Waals surface area (Å²) in [6.07, 6.45) is 8.11. The number of nitrogens with one attached hydrogen (secondary N) is 1. The Bertz CT molecular complexity index is 473. The molecule has 2 atom stereocenters. The molecule has 0 aromatic heterocycles. The van der Waals surface area contributed by atoms with Gasteiger partial charge in [-0.3, -0.25) is 14.5 Å². The minimum Gasteiger partial charge on any atom is -0.379 e. The van der Waals surface area contributed by atoms with Gasteiger partial charge in [-0.05, 0) is 39.0 Å². The normalized spacial score (nSPS) is 26.7. The van der Waals surface area contributed by atoms with Gasteiger partial charge in [-0.2, -0.15) is 0 Å². The summed E-state index contributed by atoms with van der Waals surface area (Å²) in [4.78, 5) is 29.7. The van der Waals surface area contributed by atoms with E-state index in [4.69, 9.17) is 4.74 Å². The molecule has 3 rings (SSSR count). The van der Waals surface area contributed by atoms with Crippen molar-refractivity contribution in [3.05, 3.63) is 0 Å². The van der Waals surface area contributed by atoms with Crippen molar-refractivity contribution < 1.29 is 14.3 Å². The van der Waals surface area contributed by atoms with Gasteiger partial charge >= 0.3 is 0 Å². The molecule has 2 amide bonds. The third kappa shape index (κ3) is 5.43. The van der Waals surface area contributed by atoms with E-state index in [1.54, 1.807) is 0 Å². The van der Waals surface area contributed by atoms with Gasteiger partial charge in [0.15, 0.2) is 0 Å². The summed E-state index contributed by atoms with van der Waals surface area (Å²) >= 11 is 0. The van der Waals surface area contributed by atoms with Crippen LogP contribution in [0.25, 0.3) is 0 Å². The van der Waals surface area contributed by atoms with Crippen LogP contribution in [0.3, 0.4) is 0 Å². The van der Waals surface area contributed by atoms with Crippen LogP contribution in [-0.2, 0) is 14.3 Å². The average molecular weight is 366 g/mol. The molecule has 6 nitrogen and oxygen atoms in total. The zero-order valence-corrected chi connectivity index (χ0v) is 16.3.